The van der Waals surface area contributed by atoms with Gasteiger partial charge in [-0.2, -0.15) is 0 Å². The number of rotatable bonds is 6. The van der Waals surface area contributed by atoms with Crippen LogP contribution in [-0.4, -0.2) is 27.4 Å². The highest BCUT2D eigenvalue weighted by Gasteiger charge is 2.46. The molecule has 1 aromatic rings. The first-order valence-electron chi connectivity index (χ1n) is 9.63. The molecule has 0 amide bonds. The Morgan fingerprint density at radius 2 is 1.97 bits per heavy atom. The van der Waals surface area contributed by atoms with Gasteiger partial charge in [0.1, 0.15) is 11.7 Å². The highest BCUT2D eigenvalue weighted by molar-refractivity contribution is 5.92. The molecule has 0 radical (unpaired) electrons. The van der Waals surface area contributed by atoms with Crippen LogP contribution in [0.4, 0.5) is 5.69 Å². The highest BCUT2D eigenvalue weighted by Crippen LogP contribution is 2.44. The van der Waals surface area contributed by atoms with E-state index in [1.54, 1.807) is 51.1 Å². The fourth-order valence-electron chi connectivity index (χ4n) is 3.62. The minimum Gasteiger partial charge on any atom is -0.454 e. The largest absolute Gasteiger partial charge is 0.454 e. The van der Waals surface area contributed by atoms with Gasteiger partial charge in [0.25, 0.3) is 5.69 Å². The average molecular weight is 413 g/mol. The Morgan fingerprint density at radius 3 is 2.57 bits per heavy atom. The SMILES string of the molecule is CC1=CC(=O)CC(C)(C)[C@@]1(O)/C=C/C(C)=C\C(=O)OC(C)c1ccccc1[N+](=O)[O-]. The number of esters is 1. The molecule has 0 bridgehead atoms. The zero-order valence-electron chi connectivity index (χ0n) is 17.8. The zero-order valence-corrected chi connectivity index (χ0v) is 17.8. The summed E-state index contributed by atoms with van der Waals surface area (Å²) in [6.07, 6.45) is 5.29. The van der Waals surface area contributed by atoms with Crippen LogP contribution < -0.4 is 0 Å². The van der Waals surface area contributed by atoms with Crippen molar-refractivity contribution >= 4 is 17.4 Å². The molecule has 7 nitrogen and oxygen atoms in total. The number of carbonyl (C=O) groups is 2. The number of aliphatic hydroxyl groups is 1. The van der Waals surface area contributed by atoms with E-state index in [2.05, 4.69) is 0 Å². The van der Waals surface area contributed by atoms with E-state index in [0.29, 0.717) is 16.7 Å². The minimum atomic E-state index is -1.32. The lowest BCUT2D eigenvalue weighted by atomic mass is 9.64. The van der Waals surface area contributed by atoms with Crippen LogP contribution in [0.3, 0.4) is 0 Å². The Morgan fingerprint density at radius 1 is 1.33 bits per heavy atom. The van der Waals surface area contributed by atoms with Crippen molar-refractivity contribution in [3.63, 3.8) is 0 Å². The maximum atomic E-state index is 12.3. The maximum absolute atomic E-state index is 12.3. The van der Waals surface area contributed by atoms with Crippen molar-refractivity contribution in [1.29, 1.82) is 0 Å². The number of para-hydroxylation sites is 1. The molecule has 2 atom stereocenters. The summed E-state index contributed by atoms with van der Waals surface area (Å²) >= 11 is 0. The molecule has 0 fully saturated rings. The smallest absolute Gasteiger partial charge is 0.331 e. The third-order valence-corrected chi connectivity index (χ3v) is 5.42. The van der Waals surface area contributed by atoms with Crippen LogP contribution in [0.5, 0.6) is 0 Å². The molecule has 7 heteroatoms. The summed E-state index contributed by atoms with van der Waals surface area (Å²) in [6.45, 7) is 8.57. The predicted molar refractivity (Wildman–Crippen MR) is 113 cm³/mol. The summed E-state index contributed by atoms with van der Waals surface area (Å²) in [5.74, 6) is -0.685. The molecule has 2 rings (SSSR count). The second-order valence-electron chi connectivity index (χ2n) is 8.24. The number of allylic oxidation sites excluding steroid dienone is 3. The molecule has 1 aliphatic carbocycles. The van der Waals surface area contributed by atoms with Crippen LogP contribution in [0, 0.1) is 15.5 Å². The van der Waals surface area contributed by atoms with Gasteiger partial charge in [-0.25, -0.2) is 4.79 Å². The van der Waals surface area contributed by atoms with E-state index in [1.807, 2.05) is 13.8 Å². The van der Waals surface area contributed by atoms with Crippen molar-refractivity contribution in [1.82, 2.24) is 0 Å². The summed E-state index contributed by atoms with van der Waals surface area (Å²) in [7, 11) is 0. The number of ether oxygens (including phenoxy) is 1. The van der Waals surface area contributed by atoms with Crippen molar-refractivity contribution in [2.75, 3.05) is 0 Å². The van der Waals surface area contributed by atoms with Crippen molar-refractivity contribution in [2.24, 2.45) is 5.41 Å². The van der Waals surface area contributed by atoms with Crippen LogP contribution in [0.15, 0.2) is 59.7 Å². The van der Waals surface area contributed by atoms with Gasteiger partial charge in [-0.3, -0.25) is 14.9 Å². The Kier molecular flexibility index (Phi) is 6.77. The fraction of sp³-hybridized carbons (Fsp3) is 0.391. The van der Waals surface area contributed by atoms with E-state index < -0.39 is 28.0 Å². The number of benzene rings is 1. The molecule has 0 spiro atoms. The van der Waals surface area contributed by atoms with Gasteiger partial charge in [0, 0.05) is 24.0 Å². The number of nitro groups is 1. The second kappa shape index (κ2) is 8.75. The van der Waals surface area contributed by atoms with Crippen molar-refractivity contribution in [3.05, 3.63) is 75.4 Å². The van der Waals surface area contributed by atoms with E-state index in [9.17, 15) is 24.8 Å². The summed E-state index contributed by atoms with van der Waals surface area (Å²) in [6, 6.07) is 6.09. The van der Waals surface area contributed by atoms with Gasteiger partial charge in [0.05, 0.1) is 10.5 Å². The third kappa shape index (κ3) is 4.91. The molecule has 1 aromatic carbocycles. The predicted octanol–water partition coefficient (Wildman–Crippen LogP) is 4.38. The fourth-order valence-corrected chi connectivity index (χ4v) is 3.62. The minimum absolute atomic E-state index is 0.0320. The Hall–Kier alpha value is -3.06. The lowest BCUT2D eigenvalue weighted by molar-refractivity contribution is -0.386. The Balaban J connectivity index is 2.16. The topological polar surface area (TPSA) is 107 Å². The first-order chi connectivity index (χ1) is 13.9. The summed E-state index contributed by atoms with van der Waals surface area (Å²) < 4.78 is 5.32. The van der Waals surface area contributed by atoms with Gasteiger partial charge >= 0.3 is 5.97 Å². The second-order valence-corrected chi connectivity index (χ2v) is 8.24. The van der Waals surface area contributed by atoms with Crippen LogP contribution in [0.25, 0.3) is 0 Å². The number of carbonyl (C=O) groups excluding carboxylic acids is 2. The van der Waals surface area contributed by atoms with Crippen LogP contribution in [-0.2, 0) is 14.3 Å². The van der Waals surface area contributed by atoms with Crippen molar-refractivity contribution in [2.45, 2.75) is 52.7 Å². The maximum Gasteiger partial charge on any atom is 0.331 e. The molecule has 30 heavy (non-hydrogen) atoms. The van der Waals surface area contributed by atoms with E-state index >= 15 is 0 Å². The van der Waals surface area contributed by atoms with Crippen molar-refractivity contribution < 1.29 is 24.4 Å². The number of hydrogen-bond acceptors (Lipinski definition) is 6. The molecule has 0 aromatic heterocycles. The van der Waals surface area contributed by atoms with E-state index in [-0.39, 0.29) is 17.9 Å². The van der Waals surface area contributed by atoms with Crippen LogP contribution in [0.1, 0.15) is 52.7 Å². The summed E-state index contributed by atoms with van der Waals surface area (Å²) in [4.78, 5) is 34.7. The van der Waals surface area contributed by atoms with Gasteiger partial charge in [-0.1, -0.05) is 32.1 Å². The lowest BCUT2D eigenvalue weighted by Gasteiger charge is -2.44. The zero-order chi connectivity index (χ0) is 22.7. The van der Waals surface area contributed by atoms with Gasteiger partial charge < -0.3 is 9.84 Å². The molecular weight excluding hydrogens is 386 g/mol. The molecule has 0 saturated heterocycles. The molecule has 1 unspecified atom stereocenters. The van der Waals surface area contributed by atoms with Gasteiger partial charge in [0.15, 0.2) is 5.78 Å². The van der Waals surface area contributed by atoms with E-state index in [1.165, 1.54) is 18.2 Å². The molecule has 160 valence electrons. The highest BCUT2D eigenvalue weighted by atomic mass is 16.6. The van der Waals surface area contributed by atoms with Gasteiger partial charge in [0.2, 0.25) is 0 Å². The van der Waals surface area contributed by atoms with Gasteiger partial charge in [-0.05, 0) is 50.1 Å². The number of hydrogen-bond donors (Lipinski definition) is 1. The Labute approximate surface area is 175 Å². The first-order valence-corrected chi connectivity index (χ1v) is 9.63. The van der Waals surface area contributed by atoms with Gasteiger partial charge in [-0.15, -0.1) is 0 Å². The quantitative estimate of drug-likeness (QED) is 0.244. The molecule has 1 N–H and O–H groups in total. The monoisotopic (exact) mass is 413 g/mol. The molecule has 0 heterocycles. The van der Waals surface area contributed by atoms with E-state index in [0.717, 1.165) is 0 Å². The summed E-state index contributed by atoms with van der Waals surface area (Å²) in [5.41, 5.74) is -0.749. The number of nitrogens with zero attached hydrogens (tertiary/aromatic N) is 1. The first kappa shape index (κ1) is 23.2. The molecule has 0 aliphatic heterocycles. The molecule has 0 saturated carbocycles. The Bertz CT molecular complexity index is 956. The van der Waals surface area contributed by atoms with E-state index in [4.69, 9.17) is 4.74 Å². The number of ketones is 1. The van der Waals surface area contributed by atoms with Crippen LogP contribution >= 0.6 is 0 Å². The molecular formula is C23H27NO6. The van der Waals surface area contributed by atoms with Crippen molar-refractivity contribution in [3.8, 4) is 0 Å². The third-order valence-electron chi connectivity index (χ3n) is 5.42. The standard InChI is InChI=1S/C23H27NO6/c1-15(10-11-23(27)16(2)13-18(25)14-22(23,4)5)12-21(26)30-17(3)19-8-6-7-9-20(19)24(28)29/h6-13,17,27H,14H2,1-5H3/b11-10+,15-12-/t17?,23-/m1/s1. The number of nitro benzene ring substituents is 1. The summed E-state index contributed by atoms with van der Waals surface area (Å²) in [5, 5.41) is 22.3. The van der Waals surface area contributed by atoms with Crippen LogP contribution in [0.2, 0.25) is 0 Å². The lowest BCUT2D eigenvalue weighted by Crippen LogP contribution is -2.48. The normalized spacial score (nSPS) is 22.5. The molecule has 1 aliphatic rings. The average Bonchev–Trinajstić information content (AvgIpc) is 2.64.